The van der Waals surface area contributed by atoms with Crippen LogP contribution in [0.1, 0.15) is 0 Å². The molecule has 116 valence electrons. The predicted molar refractivity (Wildman–Crippen MR) is 95.4 cm³/mol. The molecule has 2 N–H and O–H groups in total. The second kappa shape index (κ2) is 6.02. The van der Waals surface area contributed by atoms with Crippen LogP contribution in [0, 0.1) is 0 Å². The lowest BCUT2D eigenvalue weighted by molar-refractivity contribution is 0.600. The van der Waals surface area contributed by atoms with Crippen molar-refractivity contribution in [1.82, 2.24) is 5.32 Å². The van der Waals surface area contributed by atoms with E-state index in [9.17, 15) is 8.42 Å². The van der Waals surface area contributed by atoms with Gasteiger partial charge in [0.25, 0.3) is 0 Å². The van der Waals surface area contributed by atoms with E-state index in [0.29, 0.717) is 5.11 Å². The van der Waals surface area contributed by atoms with Crippen LogP contribution in [0.5, 0.6) is 0 Å². The molecular formula is C15H15ClN2O2S2. The number of hydrogen-bond acceptors (Lipinski definition) is 3. The summed E-state index contributed by atoms with van der Waals surface area (Å²) in [5.41, 5.74) is 0.877. The first kappa shape index (κ1) is 15.5. The molecule has 1 saturated heterocycles. The van der Waals surface area contributed by atoms with Crippen LogP contribution in [0.15, 0.2) is 42.5 Å². The minimum absolute atomic E-state index is 0.0108. The monoisotopic (exact) mass is 354 g/mol. The molecule has 1 heterocycles. The first-order chi connectivity index (χ1) is 10.4. The van der Waals surface area contributed by atoms with E-state index in [1.807, 2.05) is 42.5 Å². The van der Waals surface area contributed by atoms with Gasteiger partial charge in [-0.25, -0.2) is 8.42 Å². The van der Waals surface area contributed by atoms with E-state index >= 15 is 0 Å². The summed E-state index contributed by atoms with van der Waals surface area (Å²) in [5, 5.41) is 8.21. The number of halogens is 1. The summed E-state index contributed by atoms with van der Waals surface area (Å²) in [6, 6.07) is 13.5. The van der Waals surface area contributed by atoms with Gasteiger partial charge < -0.3 is 10.6 Å². The van der Waals surface area contributed by atoms with Crippen molar-refractivity contribution in [3.63, 3.8) is 0 Å². The van der Waals surface area contributed by atoms with E-state index in [1.54, 1.807) is 0 Å². The second-order valence-electron chi connectivity index (χ2n) is 5.32. The lowest BCUT2D eigenvalue weighted by atomic mass is 10.1. The number of sulfone groups is 1. The zero-order valence-electron chi connectivity index (χ0n) is 11.6. The van der Waals surface area contributed by atoms with Gasteiger partial charge in [-0.3, -0.25) is 0 Å². The molecule has 0 radical (unpaired) electrons. The smallest absolute Gasteiger partial charge is 0.171 e. The Kier molecular flexibility index (Phi) is 4.25. The predicted octanol–water partition coefficient (Wildman–Crippen LogP) is 2.53. The van der Waals surface area contributed by atoms with Crippen molar-refractivity contribution < 1.29 is 8.42 Å². The molecule has 2 aromatic rings. The fourth-order valence-corrected chi connectivity index (χ4v) is 5.41. The van der Waals surface area contributed by atoms with Crippen LogP contribution < -0.4 is 10.6 Å². The zero-order valence-corrected chi connectivity index (χ0v) is 14.0. The molecule has 7 heteroatoms. The molecule has 4 nitrogen and oxygen atoms in total. The van der Waals surface area contributed by atoms with Gasteiger partial charge in [-0.2, -0.15) is 0 Å². The topological polar surface area (TPSA) is 58.2 Å². The summed E-state index contributed by atoms with van der Waals surface area (Å²) in [6.45, 7) is 0. The van der Waals surface area contributed by atoms with Gasteiger partial charge in [0.15, 0.2) is 14.9 Å². The first-order valence-electron chi connectivity index (χ1n) is 6.84. The van der Waals surface area contributed by atoms with Gasteiger partial charge in [0, 0.05) is 11.1 Å². The van der Waals surface area contributed by atoms with Crippen molar-refractivity contribution in [3.05, 3.63) is 42.5 Å². The number of anilines is 1. The average molecular weight is 355 g/mol. The molecule has 2 unspecified atom stereocenters. The quantitative estimate of drug-likeness (QED) is 0.641. The number of thiocarbonyl (C=S) groups is 1. The molecule has 0 bridgehead atoms. The molecule has 0 aromatic heterocycles. The van der Waals surface area contributed by atoms with E-state index in [4.69, 9.17) is 23.8 Å². The summed E-state index contributed by atoms with van der Waals surface area (Å²) in [5.74, 6) is 0.00161. The third kappa shape index (κ3) is 3.34. The Morgan fingerprint density at radius 1 is 1.14 bits per heavy atom. The maximum absolute atomic E-state index is 11.6. The summed E-state index contributed by atoms with van der Waals surface area (Å²) in [4.78, 5) is 0. The molecule has 0 amide bonds. The lowest BCUT2D eigenvalue weighted by Crippen LogP contribution is -2.42. The Balaban J connectivity index is 1.74. The fourth-order valence-electron chi connectivity index (χ4n) is 2.60. The minimum atomic E-state index is -3.08. The molecule has 2 aromatic carbocycles. The molecule has 0 spiro atoms. The summed E-state index contributed by atoms with van der Waals surface area (Å²) in [6.07, 6.45) is 0. The lowest BCUT2D eigenvalue weighted by Gasteiger charge is -2.18. The van der Waals surface area contributed by atoms with Crippen molar-refractivity contribution in [2.45, 2.75) is 11.4 Å². The highest BCUT2D eigenvalue weighted by molar-refractivity contribution is 7.91. The number of fused-ring (bicyclic) bond motifs is 1. The Morgan fingerprint density at radius 2 is 1.86 bits per heavy atom. The molecule has 1 fully saturated rings. The minimum Gasteiger partial charge on any atom is -0.357 e. The van der Waals surface area contributed by atoms with Gasteiger partial charge in [-0.05, 0) is 23.7 Å². The average Bonchev–Trinajstić information content (AvgIpc) is 2.71. The third-order valence-corrected chi connectivity index (χ3v) is 6.23. The molecule has 0 aliphatic carbocycles. The number of rotatable bonds is 2. The molecule has 1 aliphatic rings. The van der Waals surface area contributed by atoms with Gasteiger partial charge in [-0.1, -0.05) is 36.4 Å². The summed E-state index contributed by atoms with van der Waals surface area (Å²) < 4.78 is 23.2. The highest BCUT2D eigenvalue weighted by Crippen LogP contribution is 2.23. The maximum Gasteiger partial charge on any atom is 0.171 e. The highest BCUT2D eigenvalue weighted by atomic mass is 35.5. The third-order valence-electron chi connectivity index (χ3n) is 3.64. The van der Waals surface area contributed by atoms with Crippen LogP contribution >= 0.6 is 23.8 Å². The Bertz CT molecular complexity index is 818. The van der Waals surface area contributed by atoms with E-state index in [2.05, 4.69) is 10.6 Å². The highest BCUT2D eigenvalue weighted by Gasteiger charge is 2.36. The van der Waals surface area contributed by atoms with Gasteiger partial charge >= 0.3 is 0 Å². The zero-order chi connectivity index (χ0) is 15.7. The van der Waals surface area contributed by atoms with Gasteiger partial charge in [0.05, 0.1) is 22.9 Å². The molecule has 22 heavy (non-hydrogen) atoms. The van der Waals surface area contributed by atoms with Crippen molar-refractivity contribution in [1.29, 1.82) is 0 Å². The normalized spacial score (nSPS) is 23.3. The molecular weight excluding hydrogens is 340 g/mol. The summed E-state index contributed by atoms with van der Waals surface area (Å²) in [7, 11) is -3.08. The SMILES string of the molecule is O=S1(=O)CC(Cl)C(NC(=S)Nc2cccc3ccccc23)C1. The van der Waals surface area contributed by atoms with Gasteiger partial charge in [0.2, 0.25) is 0 Å². The number of benzene rings is 2. The van der Waals surface area contributed by atoms with Gasteiger partial charge in [0.1, 0.15) is 0 Å². The van der Waals surface area contributed by atoms with E-state index in [1.165, 1.54) is 0 Å². The van der Waals surface area contributed by atoms with Crippen molar-refractivity contribution in [3.8, 4) is 0 Å². The van der Waals surface area contributed by atoms with Crippen LogP contribution in [0.2, 0.25) is 0 Å². The standard InChI is InChI=1S/C15H15ClN2O2S2/c16-12-8-22(19,20)9-14(12)18-15(21)17-13-7-3-5-10-4-1-2-6-11(10)13/h1-7,12,14H,8-9H2,(H2,17,18,21). The Hall–Kier alpha value is -1.37. The maximum atomic E-state index is 11.6. The largest absolute Gasteiger partial charge is 0.357 e. The van der Waals surface area contributed by atoms with Crippen molar-refractivity contribution in [2.75, 3.05) is 16.8 Å². The Labute approximate surface area is 139 Å². The van der Waals surface area contributed by atoms with Crippen LogP contribution in [-0.4, -0.2) is 36.5 Å². The van der Waals surface area contributed by atoms with E-state index in [0.717, 1.165) is 16.5 Å². The van der Waals surface area contributed by atoms with Crippen molar-refractivity contribution in [2.24, 2.45) is 0 Å². The number of hydrogen-bond donors (Lipinski definition) is 2. The number of alkyl halides is 1. The molecule has 0 saturated carbocycles. The molecule has 2 atom stereocenters. The fraction of sp³-hybridized carbons (Fsp3) is 0.267. The van der Waals surface area contributed by atoms with Crippen LogP contribution in [0.25, 0.3) is 10.8 Å². The number of nitrogens with one attached hydrogen (secondary N) is 2. The van der Waals surface area contributed by atoms with Crippen molar-refractivity contribution >= 4 is 55.2 Å². The molecule has 1 aliphatic heterocycles. The van der Waals surface area contributed by atoms with E-state index < -0.39 is 15.2 Å². The van der Waals surface area contributed by atoms with Crippen LogP contribution in [0.4, 0.5) is 5.69 Å². The second-order valence-corrected chi connectivity index (χ2v) is 8.45. The molecule has 3 rings (SSSR count). The first-order valence-corrected chi connectivity index (χ1v) is 9.51. The Morgan fingerprint density at radius 3 is 2.59 bits per heavy atom. The van der Waals surface area contributed by atoms with Crippen LogP contribution in [0.3, 0.4) is 0 Å². The van der Waals surface area contributed by atoms with Gasteiger partial charge in [-0.15, -0.1) is 11.6 Å². The summed E-state index contributed by atoms with van der Waals surface area (Å²) >= 11 is 11.4. The van der Waals surface area contributed by atoms with Crippen LogP contribution in [-0.2, 0) is 9.84 Å². The van der Waals surface area contributed by atoms with E-state index in [-0.39, 0.29) is 17.5 Å².